The topological polar surface area (TPSA) is 66.4 Å². The molecular weight excluding hydrogens is 426 g/mol. The standard InChI is InChI=1S/C28H21N3O3/c1-4-10-21(11-5-1)20-22-16-18-25(19-17-22)34-28-30-26(32-23-12-6-2-7-13-23)29-27(31-28)33-24-14-8-3-9-15-24/h1-19H,20H2. The Morgan fingerprint density at radius 3 is 1.18 bits per heavy atom. The summed E-state index contributed by atoms with van der Waals surface area (Å²) < 4.78 is 17.5. The van der Waals surface area contributed by atoms with Gasteiger partial charge in [0.05, 0.1) is 0 Å². The van der Waals surface area contributed by atoms with Gasteiger partial charge in [-0.3, -0.25) is 0 Å². The minimum Gasteiger partial charge on any atom is -0.424 e. The molecule has 1 aromatic heterocycles. The second-order valence-electron chi connectivity index (χ2n) is 7.42. The monoisotopic (exact) mass is 447 g/mol. The molecule has 0 aliphatic heterocycles. The average molecular weight is 447 g/mol. The zero-order valence-electron chi connectivity index (χ0n) is 18.2. The van der Waals surface area contributed by atoms with Crippen LogP contribution in [0.4, 0.5) is 0 Å². The van der Waals surface area contributed by atoms with Gasteiger partial charge in [0.2, 0.25) is 0 Å². The summed E-state index contributed by atoms with van der Waals surface area (Å²) >= 11 is 0. The van der Waals surface area contributed by atoms with Crippen LogP contribution < -0.4 is 14.2 Å². The van der Waals surface area contributed by atoms with Gasteiger partial charge in [0.25, 0.3) is 0 Å². The van der Waals surface area contributed by atoms with Crippen molar-refractivity contribution in [3.8, 4) is 35.3 Å². The van der Waals surface area contributed by atoms with E-state index in [1.807, 2.05) is 103 Å². The van der Waals surface area contributed by atoms with Gasteiger partial charge in [0.1, 0.15) is 17.2 Å². The van der Waals surface area contributed by atoms with Crippen LogP contribution in [0.1, 0.15) is 11.1 Å². The van der Waals surface area contributed by atoms with E-state index in [-0.39, 0.29) is 18.0 Å². The maximum atomic E-state index is 5.92. The second-order valence-corrected chi connectivity index (χ2v) is 7.42. The first-order valence-corrected chi connectivity index (χ1v) is 10.8. The molecule has 5 aromatic rings. The van der Waals surface area contributed by atoms with Crippen molar-refractivity contribution in [1.29, 1.82) is 0 Å². The number of rotatable bonds is 8. The van der Waals surface area contributed by atoms with Gasteiger partial charge in [-0.25, -0.2) is 0 Å². The van der Waals surface area contributed by atoms with Crippen molar-refractivity contribution < 1.29 is 14.2 Å². The molecule has 6 nitrogen and oxygen atoms in total. The number of aromatic nitrogens is 3. The zero-order chi connectivity index (χ0) is 23.0. The molecule has 0 spiro atoms. The molecule has 0 radical (unpaired) electrons. The van der Waals surface area contributed by atoms with Gasteiger partial charge in [-0.05, 0) is 53.9 Å². The lowest BCUT2D eigenvalue weighted by atomic mass is 10.1. The lowest BCUT2D eigenvalue weighted by Crippen LogP contribution is -2.01. The molecule has 0 aliphatic carbocycles. The first-order valence-electron chi connectivity index (χ1n) is 10.8. The van der Waals surface area contributed by atoms with Crippen molar-refractivity contribution in [2.75, 3.05) is 0 Å². The predicted molar refractivity (Wildman–Crippen MR) is 129 cm³/mol. The summed E-state index contributed by atoms with van der Waals surface area (Å²) in [7, 11) is 0. The van der Waals surface area contributed by atoms with E-state index in [0.717, 1.165) is 6.42 Å². The van der Waals surface area contributed by atoms with E-state index in [9.17, 15) is 0 Å². The summed E-state index contributed by atoms with van der Waals surface area (Å²) in [5, 5.41) is 0. The number of benzene rings is 4. The first-order chi connectivity index (χ1) is 16.8. The summed E-state index contributed by atoms with van der Waals surface area (Å²) in [5.74, 6) is 1.78. The molecule has 0 atom stereocenters. The van der Waals surface area contributed by atoms with Gasteiger partial charge in [-0.15, -0.1) is 15.0 Å². The van der Waals surface area contributed by atoms with Crippen molar-refractivity contribution in [3.63, 3.8) is 0 Å². The molecule has 6 heteroatoms. The van der Waals surface area contributed by atoms with Gasteiger partial charge < -0.3 is 14.2 Å². The summed E-state index contributed by atoms with van der Waals surface area (Å²) in [6, 6.07) is 36.9. The Bertz CT molecular complexity index is 1270. The van der Waals surface area contributed by atoms with Crippen LogP contribution in [0.15, 0.2) is 115 Å². The molecule has 0 fully saturated rings. The van der Waals surface area contributed by atoms with Crippen LogP contribution in [0.5, 0.6) is 35.3 Å². The molecule has 0 amide bonds. The zero-order valence-corrected chi connectivity index (χ0v) is 18.2. The first kappa shape index (κ1) is 21.2. The van der Waals surface area contributed by atoms with Crippen LogP contribution >= 0.6 is 0 Å². The highest BCUT2D eigenvalue weighted by Gasteiger charge is 2.13. The van der Waals surface area contributed by atoms with Crippen LogP contribution in [-0.4, -0.2) is 15.0 Å². The quantitative estimate of drug-likeness (QED) is 0.259. The van der Waals surface area contributed by atoms with Gasteiger partial charge >= 0.3 is 18.0 Å². The molecule has 4 aromatic carbocycles. The number of para-hydroxylation sites is 2. The fraction of sp³-hybridized carbons (Fsp3) is 0.0357. The lowest BCUT2D eigenvalue weighted by molar-refractivity contribution is 0.362. The number of nitrogens with zero attached hydrogens (tertiary/aromatic N) is 3. The van der Waals surface area contributed by atoms with E-state index < -0.39 is 0 Å². The van der Waals surface area contributed by atoms with E-state index >= 15 is 0 Å². The Morgan fingerprint density at radius 2 is 0.735 bits per heavy atom. The molecule has 0 unspecified atom stereocenters. The number of ether oxygens (including phenoxy) is 3. The molecular formula is C28H21N3O3. The van der Waals surface area contributed by atoms with Crippen LogP contribution in [0.2, 0.25) is 0 Å². The molecule has 0 saturated heterocycles. The summed E-state index contributed by atoms with van der Waals surface area (Å²) in [4.78, 5) is 12.9. The molecule has 34 heavy (non-hydrogen) atoms. The fourth-order valence-electron chi connectivity index (χ4n) is 3.26. The van der Waals surface area contributed by atoms with Gasteiger partial charge in [0.15, 0.2) is 0 Å². The Labute approximate surface area is 197 Å². The smallest absolute Gasteiger partial charge is 0.331 e. The van der Waals surface area contributed by atoms with E-state index in [2.05, 4.69) is 27.1 Å². The van der Waals surface area contributed by atoms with E-state index in [4.69, 9.17) is 14.2 Å². The molecule has 0 bridgehead atoms. The summed E-state index contributed by atoms with van der Waals surface area (Å²) in [5.41, 5.74) is 2.43. The third-order valence-electron chi connectivity index (χ3n) is 4.86. The Morgan fingerprint density at radius 1 is 0.382 bits per heavy atom. The highest BCUT2D eigenvalue weighted by Crippen LogP contribution is 2.27. The van der Waals surface area contributed by atoms with Crippen molar-refractivity contribution in [2.24, 2.45) is 0 Å². The van der Waals surface area contributed by atoms with Crippen LogP contribution in [0, 0.1) is 0 Å². The third-order valence-corrected chi connectivity index (χ3v) is 4.86. The Balaban J connectivity index is 1.37. The number of hydrogen-bond donors (Lipinski definition) is 0. The van der Waals surface area contributed by atoms with Crippen molar-refractivity contribution in [3.05, 3.63) is 126 Å². The van der Waals surface area contributed by atoms with Crippen molar-refractivity contribution in [2.45, 2.75) is 6.42 Å². The molecule has 1 heterocycles. The fourth-order valence-corrected chi connectivity index (χ4v) is 3.26. The average Bonchev–Trinajstić information content (AvgIpc) is 2.87. The van der Waals surface area contributed by atoms with Gasteiger partial charge in [-0.2, -0.15) is 0 Å². The maximum absolute atomic E-state index is 5.92. The normalized spacial score (nSPS) is 10.5. The van der Waals surface area contributed by atoms with Gasteiger partial charge in [0, 0.05) is 0 Å². The van der Waals surface area contributed by atoms with Crippen LogP contribution in [-0.2, 0) is 6.42 Å². The number of hydrogen-bond acceptors (Lipinski definition) is 6. The maximum Gasteiger partial charge on any atom is 0.331 e. The van der Waals surface area contributed by atoms with E-state index in [1.165, 1.54) is 11.1 Å². The molecule has 0 aliphatic rings. The van der Waals surface area contributed by atoms with E-state index in [0.29, 0.717) is 17.2 Å². The van der Waals surface area contributed by atoms with Crippen molar-refractivity contribution in [1.82, 2.24) is 15.0 Å². The van der Waals surface area contributed by atoms with Gasteiger partial charge in [-0.1, -0.05) is 78.9 Å². The Kier molecular flexibility index (Phi) is 6.39. The minimum absolute atomic E-state index is 0.0719. The second kappa shape index (κ2) is 10.3. The molecule has 166 valence electrons. The largest absolute Gasteiger partial charge is 0.424 e. The van der Waals surface area contributed by atoms with Crippen LogP contribution in [0.3, 0.4) is 0 Å². The van der Waals surface area contributed by atoms with E-state index in [1.54, 1.807) is 0 Å². The SMILES string of the molecule is c1ccc(Cc2ccc(Oc3nc(Oc4ccccc4)nc(Oc4ccccc4)n3)cc2)cc1. The van der Waals surface area contributed by atoms with Crippen LogP contribution in [0.25, 0.3) is 0 Å². The lowest BCUT2D eigenvalue weighted by Gasteiger charge is -2.10. The third kappa shape index (κ3) is 5.75. The molecule has 0 saturated carbocycles. The highest BCUT2D eigenvalue weighted by atomic mass is 16.5. The summed E-state index contributed by atoms with van der Waals surface area (Å²) in [6.07, 6.45) is 0.844. The highest BCUT2D eigenvalue weighted by molar-refractivity contribution is 5.33. The predicted octanol–water partition coefficient (Wildman–Crippen LogP) is 6.84. The summed E-state index contributed by atoms with van der Waals surface area (Å²) in [6.45, 7) is 0. The Hall–Kier alpha value is -4.71. The molecule has 5 rings (SSSR count). The van der Waals surface area contributed by atoms with Crippen molar-refractivity contribution >= 4 is 0 Å². The molecule has 0 N–H and O–H groups in total. The minimum atomic E-state index is 0.0719.